The number of aryl methyl sites for hydroxylation is 1. The van der Waals surface area contributed by atoms with E-state index in [-0.39, 0.29) is 34.2 Å². The van der Waals surface area contributed by atoms with E-state index in [1.54, 1.807) is 22.7 Å². The molecule has 0 saturated carbocycles. The topological polar surface area (TPSA) is 94.6 Å². The molecule has 0 radical (unpaired) electrons. The number of carbonyl (C=O) groups excluding carboxylic acids is 5. The van der Waals surface area contributed by atoms with Crippen LogP contribution < -0.4 is 9.06 Å². The lowest BCUT2D eigenvalue weighted by Gasteiger charge is -2.38. The summed E-state index contributed by atoms with van der Waals surface area (Å²) in [6.45, 7) is 20.6. The van der Waals surface area contributed by atoms with Crippen LogP contribution in [0.2, 0.25) is 16.6 Å². The maximum atomic E-state index is 12.6. The lowest BCUT2D eigenvalue weighted by molar-refractivity contribution is -0.191. The smallest absolute Gasteiger partial charge is 0.373 e. The molecule has 5 aliphatic rings. The highest BCUT2D eigenvalue weighted by atomic mass is 79.9. The number of fused-ring (bicyclic) bond motifs is 13. The van der Waals surface area contributed by atoms with Gasteiger partial charge in [-0.05, 0) is 147 Å². The minimum absolute atomic E-state index is 0.151. The van der Waals surface area contributed by atoms with Gasteiger partial charge in [0.2, 0.25) is 0 Å². The lowest BCUT2D eigenvalue weighted by atomic mass is 9.92. The minimum atomic E-state index is -1.83. The molecule has 9 aromatic rings. The monoisotopic (exact) mass is 1390 g/mol. The van der Waals surface area contributed by atoms with E-state index in [0.29, 0.717) is 28.8 Å². The predicted octanol–water partition coefficient (Wildman–Crippen LogP) is 19.3. The lowest BCUT2D eigenvalue weighted by Crippen LogP contribution is -2.43. The number of esters is 1. The van der Waals surface area contributed by atoms with E-state index >= 15 is 0 Å². The Kier molecular flexibility index (Phi) is 20.6. The molecule has 4 heterocycles. The molecule has 89 heavy (non-hydrogen) atoms. The van der Waals surface area contributed by atoms with Crippen molar-refractivity contribution in [2.75, 3.05) is 6.61 Å². The zero-order chi connectivity index (χ0) is 63.3. The number of thioether (sulfide) groups is 1. The molecule has 14 rings (SSSR count). The molecule has 4 aliphatic carbocycles. The van der Waals surface area contributed by atoms with E-state index in [1.807, 2.05) is 109 Å². The zero-order valence-corrected chi connectivity index (χ0v) is 58.2. The van der Waals surface area contributed by atoms with Crippen LogP contribution in [-0.4, -0.2) is 48.9 Å². The predicted molar refractivity (Wildman–Crippen MR) is 381 cm³/mol. The van der Waals surface area contributed by atoms with Gasteiger partial charge in [-0.15, -0.1) is 34.6 Å². The number of ether oxygens (including phenoxy) is 1. The van der Waals surface area contributed by atoms with Crippen LogP contribution in [0.15, 0.2) is 176 Å². The van der Waals surface area contributed by atoms with Crippen molar-refractivity contribution in [1.29, 1.82) is 0 Å². The van der Waals surface area contributed by atoms with E-state index < -0.39 is 8.07 Å². The maximum absolute atomic E-state index is 12.6. The summed E-state index contributed by atoms with van der Waals surface area (Å²) in [5.74, 6) is 10.4. The molecule has 0 N–H and O–H groups in total. The van der Waals surface area contributed by atoms with Crippen LogP contribution in [0.5, 0.6) is 0 Å². The van der Waals surface area contributed by atoms with E-state index in [4.69, 9.17) is 14.3 Å². The highest BCUT2D eigenvalue weighted by molar-refractivity contribution is 9.13. The first-order valence-corrected chi connectivity index (χ1v) is 37.0. The average Bonchev–Trinajstić information content (AvgIpc) is 1.65. The normalized spacial score (nSPS) is 14.7. The number of thiophene rings is 3. The van der Waals surface area contributed by atoms with Crippen molar-refractivity contribution in [1.82, 2.24) is 0 Å². The standard InChI is InChI=1S/C32H32SSi.C21H20O2S.C18H10O2S.C4H2Br2S.CO2/c1-8-13-27-23-14-9-11-16-25(23)29-30-26-17-12-10-15-24(26)28(32(30)33-31(27)29)18-19-34(20(2)3,21(4)5)22(6)7;1-3-15-9-5-6-10-16(15)19-13-24-14-20(19)17-11-7-8-12-18(17)21(22)23-4-2;19-15-11-7-3-1-5-9(11)13-14-10-6-2-4-8-12(10)16(20)18(14)21-17(13)15;5-3-1-7-2-4(3)6;2-1-3/h9-12,14-17,20-22H,1-7H3;5-14H,3-4H2,1-2H3;1-8,17-18H;1-2H;. The van der Waals surface area contributed by atoms with Crippen molar-refractivity contribution < 1.29 is 28.7 Å². The number of ketones is 2. The quantitative estimate of drug-likeness (QED) is 0.0850. The molecule has 6 aromatic carbocycles. The fourth-order valence-corrected chi connectivity index (χ4v) is 23.9. The van der Waals surface area contributed by atoms with Gasteiger partial charge in [0.15, 0.2) is 11.6 Å². The highest BCUT2D eigenvalue weighted by Gasteiger charge is 2.51. The SMILES string of the molecule is Brc1cscc1Br.CC#CC1=c2sc3c(c2-c2ccccc21)-c1ccccc1C=3C#C[Si](C(C)C)(C(C)C)C(C)C.CCOC(=O)c1ccccc1-c1cscc1-c1ccccc1CC.O=C1c2ccccc2C2=C3c4ccccc4C(=O)C3SC12.O=C=O. The van der Waals surface area contributed by atoms with Crippen molar-refractivity contribution in [3.63, 3.8) is 0 Å². The summed E-state index contributed by atoms with van der Waals surface area (Å²) in [5.41, 5.74) is 28.3. The average molecular weight is 1390 g/mol. The van der Waals surface area contributed by atoms with Gasteiger partial charge in [-0.3, -0.25) is 9.59 Å². The van der Waals surface area contributed by atoms with Crippen molar-refractivity contribution in [3.8, 4) is 67.8 Å². The second kappa shape index (κ2) is 28.3. The molecule has 2 atom stereocenters. The van der Waals surface area contributed by atoms with Crippen molar-refractivity contribution in [3.05, 3.63) is 230 Å². The Morgan fingerprint density at radius 2 is 0.910 bits per heavy atom. The largest absolute Gasteiger partial charge is 0.462 e. The molecule has 3 aromatic heterocycles. The van der Waals surface area contributed by atoms with E-state index in [0.717, 1.165) is 59.9 Å². The van der Waals surface area contributed by atoms with Gasteiger partial charge in [0.1, 0.15) is 8.07 Å². The van der Waals surface area contributed by atoms with Crippen LogP contribution in [0.4, 0.5) is 0 Å². The number of rotatable bonds is 8. The molecule has 2 unspecified atom stereocenters. The van der Waals surface area contributed by atoms with Gasteiger partial charge in [0.05, 0.1) is 37.3 Å². The van der Waals surface area contributed by atoms with E-state index in [1.165, 1.54) is 82.0 Å². The van der Waals surface area contributed by atoms with Crippen LogP contribution in [0, 0.1) is 23.3 Å². The number of Topliss-reactive ketones (excluding diaryl/α,β-unsaturated/α-hetero) is 2. The second-order valence-electron chi connectivity index (χ2n) is 22.5. The van der Waals surface area contributed by atoms with E-state index in [2.05, 4.69) is 187 Å². The summed E-state index contributed by atoms with van der Waals surface area (Å²) in [5, 5.41) is 7.94. The molecule has 0 fully saturated rings. The van der Waals surface area contributed by atoms with Crippen LogP contribution >= 0.6 is 77.6 Å². The Hall–Kier alpha value is -7.26. The number of benzene rings is 6. The maximum Gasteiger partial charge on any atom is 0.373 e. The molecular weight excluding hydrogens is 1320 g/mol. The first-order valence-electron chi connectivity index (χ1n) is 29.6. The van der Waals surface area contributed by atoms with Gasteiger partial charge in [-0.1, -0.05) is 200 Å². The second-order valence-corrected chi connectivity index (χ2v) is 33.6. The van der Waals surface area contributed by atoms with Gasteiger partial charge in [-0.2, -0.15) is 32.3 Å². The molecule has 0 spiro atoms. The molecule has 0 saturated heterocycles. The summed E-state index contributed by atoms with van der Waals surface area (Å²) < 4.78 is 10.1. The Morgan fingerprint density at radius 3 is 1.35 bits per heavy atom. The third-order valence-electron chi connectivity index (χ3n) is 17.0. The van der Waals surface area contributed by atoms with Crippen LogP contribution in [-0.2, 0) is 20.7 Å². The molecule has 6 nitrogen and oxygen atoms in total. The van der Waals surface area contributed by atoms with Crippen molar-refractivity contribution in [2.45, 2.75) is 95.9 Å². The van der Waals surface area contributed by atoms with Crippen LogP contribution in [0.1, 0.15) is 121 Å². The van der Waals surface area contributed by atoms with Crippen LogP contribution in [0.3, 0.4) is 0 Å². The molecule has 446 valence electrons. The Morgan fingerprint density at radius 1 is 0.517 bits per heavy atom. The third kappa shape index (κ3) is 12.2. The first-order chi connectivity index (χ1) is 43.1. The number of hydrogen-bond donors (Lipinski definition) is 0. The van der Waals surface area contributed by atoms with Gasteiger partial charge in [-0.25, -0.2) is 4.79 Å². The fraction of sp³-hybridized carbons (Fsp3) is 0.211. The minimum Gasteiger partial charge on any atom is -0.462 e. The van der Waals surface area contributed by atoms with E-state index in [9.17, 15) is 14.4 Å². The summed E-state index contributed by atoms with van der Waals surface area (Å²) in [6, 6.07) is 49.2. The molecule has 1 aliphatic heterocycles. The molecular formula is C76H64Br2O6S4Si. The summed E-state index contributed by atoms with van der Waals surface area (Å²) >= 11 is 13.4. The number of halogens is 2. The van der Waals surface area contributed by atoms with Gasteiger partial charge in [0, 0.05) is 58.7 Å². The summed E-state index contributed by atoms with van der Waals surface area (Å²) in [7, 11) is -1.83. The fourth-order valence-electron chi connectivity index (χ4n) is 13.2. The zero-order valence-electron chi connectivity index (χ0n) is 50.8. The van der Waals surface area contributed by atoms with Crippen molar-refractivity contribution >= 4 is 132 Å². The molecule has 13 heteroatoms. The Labute approximate surface area is 555 Å². The molecule has 0 bridgehead atoms. The van der Waals surface area contributed by atoms with Crippen LogP contribution in [0.25, 0.3) is 66.8 Å². The Balaban J connectivity index is 0.000000140. The summed E-state index contributed by atoms with van der Waals surface area (Å²) in [4.78, 5) is 53.7. The number of carbonyl (C=O) groups is 3. The van der Waals surface area contributed by atoms with Crippen molar-refractivity contribution in [2.24, 2.45) is 0 Å². The summed E-state index contributed by atoms with van der Waals surface area (Å²) in [6.07, 6.45) is 1.23. The molecule has 0 amide bonds. The Bertz CT molecular complexity index is 4480. The van der Waals surface area contributed by atoms with Gasteiger partial charge < -0.3 is 4.74 Å². The number of hydrogen-bond acceptors (Lipinski definition) is 10. The van der Waals surface area contributed by atoms with Gasteiger partial charge >= 0.3 is 12.1 Å². The first kappa shape index (κ1) is 64.7. The highest BCUT2D eigenvalue weighted by Crippen LogP contribution is 2.57. The van der Waals surface area contributed by atoms with Gasteiger partial charge in [0.25, 0.3) is 0 Å². The third-order valence-corrected chi connectivity index (χ3v) is 29.9.